The number of benzene rings is 2. The number of rotatable bonds is 5. The maximum Gasteiger partial charge on any atom is 0.262 e. The molecule has 1 aliphatic heterocycles. The van der Waals surface area contributed by atoms with Crippen molar-refractivity contribution < 1.29 is 4.79 Å². The lowest BCUT2D eigenvalue weighted by Gasteiger charge is -2.16. The average molecular weight is 379 g/mol. The topological polar surface area (TPSA) is 55.2 Å². The van der Waals surface area contributed by atoms with Crippen molar-refractivity contribution in [2.24, 2.45) is 0 Å². The van der Waals surface area contributed by atoms with E-state index in [0.29, 0.717) is 28.4 Å². The van der Waals surface area contributed by atoms with E-state index in [9.17, 15) is 9.59 Å². The number of thioether (sulfide) groups is 1. The molecule has 0 saturated carbocycles. The first kappa shape index (κ1) is 17.8. The summed E-state index contributed by atoms with van der Waals surface area (Å²) in [4.78, 5) is 32.1. The minimum absolute atomic E-state index is 0.0689. The molecule has 0 bridgehead atoms. The van der Waals surface area contributed by atoms with Gasteiger partial charge in [0.2, 0.25) is 5.91 Å². The van der Waals surface area contributed by atoms with Crippen LogP contribution in [0.25, 0.3) is 10.9 Å². The standard InChI is InChI=1S/C21H21N3O2S/c25-19(23-12-6-7-13-23)15-27-21-22-18-11-5-4-10-17(18)20(26)24(21)14-16-8-2-1-3-9-16/h1-5,8-11H,6-7,12-15H2. The molecule has 5 nitrogen and oxygen atoms in total. The fourth-order valence-electron chi connectivity index (χ4n) is 3.35. The summed E-state index contributed by atoms with van der Waals surface area (Å²) in [7, 11) is 0. The van der Waals surface area contributed by atoms with E-state index in [4.69, 9.17) is 0 Å². The molecule has 0 unspecified atom stereocenters. The average Bonchev–Trinajstić information content (AvgIpc) is 3.24. The van der Waals surface area contributed by atoms with E-state index in [1.807, 2.05) is 53.4 Å². The van der Waals surface area contributed by atoms with Gasteiger partial charge < -0.3 is 4.90 Å². The monoisotopic (exact) mass is 379 g/mol. The zero-order valence-corrected chi connectivity index (χ0v) is 15.8. The van der Waals surface area contributed by atoms with Crippen LogP contribution < -0.4 is 5.56 Å². The molecule has 6 heteroatoms. The van der Waals surface area contributed by atoms with Crippen LogP contribution in [-0.4, -0.2) is 39.2 Å². The highest BCUT2D eigenvalue weighted by atomic mass is 32.2. The van der Waals surface area contributed by atoms with Gasteiger partial charge in [-0.05, 0) is 30.5 Å². The summed E-state index contributed by atoms with van der Waals surface area (Å²) in [5, 5.41) is 1.19. The van der Waals surface area contributed by atoms with Crippen molar-refractivity contribution in [3.8, 4) is 0 Å². The molecule has 0 radical (unpaired) electrons. The van der Waals surface area contributed by atoms with Crippen LogP contribution in [0, 0.1) is 0 Å². The minimum atomic E-state index is -0.0689. The molecule has 0 aliphatic carbocycles. The molecule has 27 heavy (non-hydrogen) atoms. The Morgan fingerprint density at radius 2 is 1.70 bits per heavy atom. The van der Waals surface area contributed by atoms with Crippen molar-refractivity contribution in [2.45, 2.75) is 24.5 Å². The summed E-state index contributed by atoms with van der Waals surface area (Å²) in [5.74, 6) is 0.422. The summed E-state index contributed by atoms with van der Waals surface area (Å²) < 4.78 is 1.68. The largest absolute Gasteiger partial charge is 0.342 e. The quantitative estimate of drug-likeness (QED) is 0.505. The summed E-state index contributed by atoms with van der Waals surface area (Å²) in [6.07, 6.45) is 2.15. The number of likely N-dealkylation sites (tertiary alicyclic amines) is 1. The van der Waals surface area contributed by atoms with Crippen LogP contribution in [0.4, 0.5) is 0 Å². The molecule has 2 aromatic carbocycles. The zero-order valence-electron chi connectivity index (χ0n) is 15.0. The molecule has 0 spiro atoms. The Morgan fingerprint density at radius 3 is 2.48 bits per heavy atom. The van der Waals surface area contributed by atoms with Crippen molar-refractivity contribution in [2.75, 3.05) is 18.8 Å². The highest BCUT2D eigenvalue weighted by Crippen LogP contribution is 2.20. The molecule has 3 aromatic rings. The van der Waals surface area contributed by atoms with Gasteiger partial charge >= 0.3 is 0 Å². The van der Waals surface area contributed by atoms with Crippen LogP contribution in [0.5, 0.6) is 0 Å². The van der Waals surface area contributed by atoms with Gasteiger partial charge in [0.25, 0.3) is 5.56 Å². The van der Waals surface area contributed by atoms with Gasteiger partial charge in [-0.15, -0.1) is 0 Å². The lowest BCUT2D eigenvalue weighted by molar-refractivity contribution is -0.127. The minimum Gasteiger partial charge on any atom is -0.342 e. The second-order valence-electron chi connectivity index (χ2n) is 6.66. The predicted octanol–water partition coefficient (Wildman–Crippen LogP) is 3.16. The number of hydrogen-bond donors (Lipinski definition) is 0. The van der Waals surface area contributed by atoms with Gasteiger partial charge in [0.15, 0.2) is 5.16 Å². The summed E-state index contributed by atoms with van der Waals surface area (Å²) >= 11 is 1.35. The molecule has 1 aliphatic rings. The Bertz CT molecular complexity index is 1010. The van der Waals surface area contributed by atoms with Gasteiger partial charge in [0.05, 0.1) is 23.2 Å². The number of fused-ring (bicyclic) bond motifs is 1. The van der Waals surface area contributed by atoms with E-state index >= 15 is 0 Å². The van der Waals surface area contributed by atoms with Crippen molar-refractivity contribution >= 4 is 28.6 Å². The van der Waals surface area contributed by atoms with Crippen molar-refractivity contribution in [3.05, 3.63) is 70.5 Å². The first-order chi connectivity index (χ1) is 13.2. The number of carbonyl (C=O) groups excluding carboxylic acids is 1. The first-order valence-corrected chi connectivity index (χ1v) is 10.1. The third kappa shape index (κ3) is 3.90. The normalized spacial score (nSPS) is 14.0. The zero-order chi connectivity index (χ0) is 18.6. The van der Waals surface area contributed by atoms with Crippen LogP contribution >= 0.6 is 11.8 Å². The van der Waals surface area contributed by atoms with Crippen LogP contribution in [-0.2, 0) is 11.3 Å². The van der Waals surface area contributed by atoms with E-state index in [0.717, 1.165) is 31.5 Å². The highest BCUT2D eigenvalue weighted by molar-refractivity contribution is 7.99. The van der Waals surface area contributed by atoms with E-state index in [1.165, 1.54) is 11.8 Å². The molecular weight excluding hydrogens is 358 g/mol. The Morgan fingerprint density at radius 1 is 1.00 bits per heavy atom. The number of amides is 1. The van der Waals surface area contributed by atoms with Crippen LogP contribution in [0.3, 0.4) is 0 Å². The van der Waals surface area contributed by atoms with Crippen molar-refractivity contribution in [3.63, 3.8) is 0 Å². The molecule has 1 saturated heterocycles. The van der Waals surface area contributed by atoms with Gasteiger partial charge in [-0.1, -0.05) is 54.2 Å². The van der Waals surface area contributed by atoms with Gasteiger partial charge in [-0.3, -0.25) is 14.2 Å². The maximum absolute atomic E-state index is 13.1. The smallest absolute Gasteiger partial charge is 0.262 e. The molecule has 2 heterocycles. The van der Waals surface area contributed by atoms with E-state index in [1.54, 1.807) is 10.6 Å². The molecular formula is C21H21N3O2S. The van der Waals surface area contributed by atoms with Gasteiger partial charge in [-0.2, -0.15) is 0 Å². The third-order valence-electron chi connectivity index (χ3n) is 4.79. The Balaban J connectivity index is 1.67. The first-order valence-electron chi connectivity index (χ1n) is 9.16. The van der Waals surface area contributed by atoms with Gasteiger partial charge in [0, 0.05) is 13.1 Å². The lowest BCUT2D eigenvalue weighted by Crippen LogP contribution is -2.30. The molecule has 1 amide bonds. The summed E-state index contributed by atoms with van der Waals surface area (Å²) in [6, 6.07) is 17.2. The third-order valence-corrected chi connectivity index (χ3v) is 5.75. The SMILES string of the molecule is O=C(CSc1nc2ccccc2c(=O)n1Cc1ccccc1)N1CCCC1. The molecule has 0 atom stereocenters. The number of aromatic nitrogens is 2. The number of nitrogens with zero attached hydrogens (tertiary/aromatic N) is 3. The van der Waals surface area contributed by atoms with Crippen LogP contribution in [0.15, 0.2) is 64.5 Å². The van der Waals surface area contributed by atoms with Crippen LogP contribution in [0.1, 0.15) is 18.4 Å². The lowest BCUT2D eigenvalue weighted by atomic mass is 10.2. The second kappa shape index (κ2) is 7.96. The van der Waals surface area contributed by atoms with E-state index in [2.05, 4.69) is 4.98 Å². The Kier molecular flexibility index (Phi) is 5.25. The molecule has 138 valence electrons. The summed E-state index contributed by atoms with van der Waals surface area (Å²) in [5.41, 5.74) is 1.63. The van der Waals surface area contributed by atoms with E-state index < -0.39 is 0 Å². The molecule has 4 rings (SSSR count). The fourth-order valence-corrected chi connectivity index (χ4v) is 4.25. The second-order valence-corrected chi connectivity index (χ2v) is 7.61. The van der Waals surface area contributed by atoms with E-state index in [-0.39, 0.29) is 11.5 Å². The Hall–Kier alpha value is -2.60. The Labute approximate surface area is 162 Å². The predicted molar refractivity (Wildman–Crippen MR) is 108 cm³/mol. The number of carbonyl (C=O) groups is 1. The van der Waals surface area contributed by atoms with Crippen molar-refractivity contribution in [1.82, 2.24) is 14.5 Å². The van der Waals surface area contributed by atoms with Crippen LogP contribution in [0.2, 0.25) is 0 Å². The molecule has 1 fully saturated rings. The summed E-state index contributed by atoms with van der Waals surface area (Å²) in [6.45, 7) is 2.11. The number of hydrogen-bond acceptors (Lipinski definition) is 4. The fraction of sp³-hybridized carbons (Fsp3) is 0.286. The maximum atomic E-state index is 13.1. The van der Waals surface area contributed by atoms with Crippen molar-refractivity contribution in [1.29, 1.82) is 0 Å². The molecule has 1 aromatic heterocycles. The highest BCUT2D eigenvalue weighted by Gasteiger charge is 2.19. The molecule has 0 N–H and O–H groups in total. The van der Waals surface area contributed by atoms with Gasteiger partial charge in [-0.25, -0.2) is 4.98 Å². The van der Waals surface area contributed by atoms with Gasteiger partial charge in [0.1, 0.15) is 0 Å². The number of para-hydroxylation sites is 1.